The Morgan fingerprint density at radius 2 is 1.83 bits per heavy atom. The van der Waals surface area contributed by atoms with E-state index >= 15 is 0 Å². The van der Waals surface area contributed by atoms with Gasteiger partial charge in [0.25, 0.3) is 5.91 Å². The van der Waals surface area contributed by atoms with E-state index in [1.807, 2.05) is 13.8 Å². The molecule has 2 amide bonds. The van der Waals surface area contributed by atoms with Gasteiger partial charge in [-0.25, -0.2) is 4.79 Å². The van der Waals surface area contributed by atoms with E-state index in [4.69, 9.17) is 9.15 Å². The summed E-state index contributed by atoms with van der Waals surface area (Å²) in [5, 5.41) is 5.49. The maximum absolute atomic E-state index is 12.5. The number of furan rings is 1. The molecule has 2 rings (SSSR count). The molecule has 29 heavy (non-hydrogen) atoms. The minimum Gasteiger partial charge on any atom is -0.467 e. The summed E-state index contributed by atoms with van der Waals surface area (Å²) >= 11 is 1.23. The lowest BCUT2D eigenvalue weighted by Gasteiger charge is -2.15. The number of rotatable bonds is 10. The number of esters is 1. The van der Waals surface area contributed by atoms with Gasteiger partial charge >= 0.3 is 5.97 Å². The van der Waals surface area contributed by atoms with Crippen molar-refractivity contribution in [2.24, 2.45) is 5.92 Å². The van der Waals surface area contributed by atoms with Gasteiger partial charge < -0.3 is 19.8 Å². The van der Waals surface area contributed by atoms with E-state index in [1.54, 1.807) is 42.7 Å². The van der Waals surface area contributed by atoms with Crippen LogP contribution < -0.4 is 10.6 Å². The number of nitrogens with one attached hydrogen (secondary N) is 2. The predicted octanol–water partition coefficient (Wildman–Crippen LogP) is 3.01. The highest BCUT2D eigenvalue weighted by Gasteiger charge is 2.21. The summed E-state index contributed by atoms with van der Waals surface area (Å²) in [5.74, 6) is -0.0214. The van der Waals surface area contributed by atoms with E-state index < -0.39 is 12.1 Å². The number of benzene rings is 1. The topological polar surface area (TPSA) is 97.6 Å². The van der Waals surface area contributed by atoms with Crippen molar-refractivity contribution >= 4 is 29.5 Å². The quantitative estimate of drug-likeness (QED) is 0.455. The molecule has 1 atom stereocenters. The van der Waals surface area contributed by atoms with E-state index in [-0.39, 0.29) is 17.6 Å². The Kier molecular flexibility index (Phi) is 8.79. The van der Waals surface area contributed by atoms with E-state index in [1.165, 1.54) is 18.7 Å². The lowest BCUT2D eigenvalue weighted by atomic mass is 10.2. The van der Waals surface area contributed by atoms with Crippen molar-refractivity contribution in [1.29, 1.82) is 0 Å². The molecule has 0 aliphatic rings. The Labute approximate surface area is 174 Å². The summed E-state index contributed by atoms with van der Waals surface area (Å²) in [4.78, 5) is 37.2. The van der Waals surface area contributed by atoms with Crippen LogP contribution in [0, 0.1) is 5.92 Å². The summed E-state index contributed by atoms with van der Waals surface area (Å²) in [7, 11) is 0. The smallest absolute Gasteiger partial charge is 0.340 e. The number of thioether (sulfide) groups is 1. The van der Waals surface area contributed by atoms with Crippen LogP contribution in [0.3, 0.4) is 0 Å². The van der Waals surface area contributed by atoms with Crippen LogP contribution in [-0.4, -0.2) is 36.2 Å². The van der Waals surface area contributed by atoms with Crippen LogP contribution in [0.2, 0.25) is 0 Å². The second kappa shape index (κ2) is 11.3. The Bertz CT molecular complexity index is 820. The summed E-state index contributed by atoms with van der Waals surface area (Å²) in [6, 6.07) is 10.4. The third kappa shape index (κ3) is 7.65. The zero-order valence-corrected chi connectivity index (χ0v) is 17.6. The van der Waals surface area contributed by atoms with Crippen molar-refractivity contribution in [3.8, 4) is 0 Å². The van der Waals surface area contributed by atoms with Gasteiger partial charge in [0.05, 0.1) is 24.1 Å². The van der Waals surface area contributed by atoms with Gasteiger partial charge in [-0.05, 0) is 37.1 Å². The van der Waals surface area contributed by atoms with Crippen molar-refractivity contribution in [1.82, 2.24) is 10.6 Å². The molecular weight excluding hydrogens is 392 g/mol. The van der Waals surface area contributed by atoms with Gasteiger partial charge in [-0.3, -0.25) is 9.59 Å². The van der Waals surface area contributed by atoms with E-state index in [9.17, 15) is 14.4 Å². The minimum atomic E-state index is -0.907. The fourth-order valence-corrected chi connectivity index (χ4v) is 3.15. The Balaban J connectivity index is 1.88. The van der Waals surface area contributed by atoms with Crippen molar-refractivity contribution < 1.29 is 23.5 Å². The molecule has 0 radical (unpaired) electrons. The summed E-state index contributed by atoms with van der Waals surface area (Å²) in [5.41, 5.74) is 0.319. The minimum absolute atomic E-state index is 0.134. The third-order valence-electron chi connectivity index (χ3n) is 3.84. The molecule has 0 saturated carbocycles. The SMILES string of the molecule is CC(C)CNC(=O)[C@@H](C)OC(=O)c1ccccc1SCC(=O)NCc1ccco1. The van der Waals surface area contributed by atoms with Gasteiger partial charge in [-0.2, -0.15) is 0 Å². The standard InChI is InChI=1S/C21H26N2O5S/c1-14(2)11-23-20(25)15(3)28-21(26)17-8-4-5-9-18(17)29-13-19(24)22-12-16-7-6-10-27-16/h4-10,14-15H,11-13H2,1-3H3,(H,22,24)(H,23,25)/t15-/m1/s1. The first kappa shape index (κ1) is 22.5. The van der Waals surface area contributed by atoms with E-state index in [0.717, 1.165) is 0 Å². The lowest BCUT2D eigenvalue weighted by Crippen LogP contribution is -2.37. The number of amides is 2. The fraction of sp³-hybridized carbons (Fsp3) is 0.381. The Morgan fingerprint density at radius 3 is 2.52 bits per heavy atom. The summed E-state index contributed by atoms with van der Waals surface area (Å²) < 4.78 is 10.5. The first-order valence-electron chi connectivity index (χ1n) is 9.36. The van der Waals surface area contributed by atoms with Crippen LogP contribution in [0.5, 0.6) is 0 Å². The third-order valence-corrected chi connectivity index (χ3v) is 4.92. The number of carbonyl (C=O) groups is 3. The number of hydrogen-bond acceptors (Lipinski definition) is 6. The maximum Gasteiger partial charge on any atom is 0.340 e. The van der Waals surface area contributed by atoms with Crippen LogP contribution in [0.1, 0.15) is 36.9 Å². The molecular formula is C21H26N2O5S. The second-order valence-corrected chi connectivity index (χ2v) is 7.84. The van der Waals surface area contributed by atoms with Gasteiger partial charge in [0.2, 0.25) is 5.91 Å². The van der Waals surface area contributed by atoms with Gasteiger partial charge in [-0.1, -0.05) is 26.0 Å². The van der Waals surface area contributed by atoms with Crippen molar-refractivity contribution in [3.63, 3.8) is 0 Å². The van der Waals surface area contributed by atoms with Gasteiger partial charge in [-0.15, -0.1) is 11.8 Å². The predicted molar refractivity (Wildman–Crippen MR) is 110 cm³/mol. The van der Waals surface area contributed by atoms with E-state index in [2.05, 4.69) is 10.6 Å². The van der Waals surface area contributed by atoms with Gasteiger partial charge in [0.15, 0.2) is 6.10 Å². The Hall–Kier alpha value is -2.74. The zero-order chi connectivity index (χ0) is 21.2. The van der Waals surface area contributed by atoms with Gasteiger partial charge in [0, 0.05) is 11.4 Å². The molecule has 0 saturated heterocycles. The molecule has 1 heterocycles. The fourth-order valence-electron chi connectivity index (χ4n) is 2.28. The molecule has 0 aliphatic heterocycles. The number of ether oxygens (including phenoxy) is 1. The molecule has 0 bridgehead atoms. The molecule has 0 spiro atoms. The molecule has 0 aliphatic carbocycles. The largest absolute Gasteiger partial charge is 0.467 e. The van der Waals surface area contributed by atoms with Gasteiger partial charge in [0.1, 0.15) is 5.76 Å². The number of carbonyl (C=O) groups excluding carboxylic acids is 3. The molecule has 156 valence electrons. The molecule has 1 aromatic carbocycles. The van der Waals surface area contributed by atoms with Crippen LogP contribution in [0.25, 0.3) is 0 Å². The average Bonchev–Trinajstić information content (AvgIpc) is 3.22. The average molecular weight is 419 g/mol. The first-order chi connectivity index (χ1) is 13.9. The lowest BCUT2D eigenvalue weighted by molar-refractivity contribution is -0.129. The molecule has 1 aromatic heterocycles. The molecule has 7 nitrogen and oxygen atoms in total. The zero-order valence-electron chi connectivity index (χ0n) is 16.8. The van der Waals surface area contributed by atoms with E-state index in [0.29, 0.717) is 35.2 Å². The van der Waals surface area contributed by atoms with Crippen molar-refractivity contribution in [3.05, 3.63) is 54.0 Å². The van der Waals surface area contributed by atoms with Crippen LogP contribution in [-0.2, 0) is 20.9 Å². The number of hydrogen-bond donors (Lipinski definition) is 2. The normalized spacial score (nSPS) is 11.7. The summed E-state index contributed by atoms with van der Waals surface area (Å²) in [6.45, 7) is 6.31. The van der Waals surface area contributed by atoms with Crippen LogP contribution in [0.15, 0.2) is 52.0 Å². The van der Waals surface area contributed by atoms with Crippen molar-refractivity contribution in [2.45, 2.75) is 38.3 Å². The highest BCUT2D eigenvalue weighted by Crippen LogP contribution is 2.23. The Morgan fingerprint density at radius 1 is 1.07 bits per heavy atom. The summed E-state index contributed by atoms with van der Waals surface area (Å²) in [6.07, 6.45) is 0.637. The highest BCUT2D eigenvalue weighted by molar-refractivity contribution is 8.00. The second-order valence-electron chi connectivity index (χ2n) is 6.83. The molecule has 2 N–H and O–H groups in total. The van der Waals surface area contributed by atoms with Crippen LogP contribution >= 0.6 is 11.8 Å². The molecule has 0 unspecified atom stereocenters. The van der Waals surface area contributed by atoms with Crippen LogP contribution in [0.4, 0.5) is 0 Å². The monoisotopic (exact) mass is 418 g/mol. The molecule has 0 fully saturated rings. The highest BCUT2D eigenvalue weighted by atomic mass is 32.2. The van der Waals surface area contributed by atoms with Crippen molar-refractivity contribution in [2.75, 3.05) is 12.3 Å². The molecule has 2 aromatic rings. The first-order valence-corrected chi connectivity index (χ1v) is 10.3. The molecule has 8 heteroatoms. The maximum atomic E-state index is 12.5.